The molecule has 0 unspecified atom stereocenters. The largest absolute Gasteiger partial charge is 0.496 e. The number of hydrogen-bond donors (Lipinski definition) is 1. The third-order valence-corrected chi connectivity index (χ3v) is 3.72. The first-order valence-corrected chi connectivity index (χ1v) is 7.32. The predicted octanol–water partition coefficient (Wildman–Crippen LogP) is 1.44. The zero-order valence-corrected chi connectivity index (χ0v) is 13.4. The molecule has 0 bridgehead atoms. The first-order chi connectivity index (χ1) is 11.1. The molecule has 0 atom stereocenters. The SMILES string of the molecule is COc1cc2c(cc1CNC(=O)c1c(C)ncn1C)OCCO2. The fraction of sp³-hybridized carbons (Fsp3) is 0.375. The van der Waals surface area contributed by atoms with Crippen molar-refractivity contribution in [3.8, 4) is 17.2 Å². The van der Waals surface area contributed by atoms with Gasteiger partial charge in [-0.15, -0.1) is 0 Å². The molecule has 1 aliphatic rings. The van der Waals surface area contributed by atoms with Crippen molar-refractivity contribution in [3.63, 3.8) is 0 Å². The Balaban J connectivity index is 1.79. The van der Waals surface area contributed by atoms with Gasteiger partial charge < -0.3 is 24.1 Å². The van der Waals surface area contributed by atoms with Gasteiger partial charge in [-0.25, -0.2) is 4.98 Å². The van der Waals surface area contributed by atoms with Crippen LogP contribution in [-0.4, -0.2) is 35.8 Å². The summed E-state index contributed by atoms with van der Waals surface area (Å²) in [6.07, 6.45) is 1.62. The Kier molecular flexibility index (Phi) is 4.10. The van der Waals surface area contributed by atoms with Gasteiger partial charge in [-0.05, 0) is 13.0 Å². The number of nitrogens with one attached hydrogen (secondary N) is 1. The number of hydrogen-bond acceptors (Lipinski definition) is 5. The van der Waals surface area contributed by atoms with Gasteiger partial charge in [0.15, 0.2) is 11.5 Å². The number of ether oxygens (including phenoxy) is 3. The Morgan fingerprint density at radius 3 is 2.65 bits per heavy atom. The van der Waals surface area contributed by atoms with Gasteiger partial charge >= 0.3 is 0 Å². The smallest absolute Gasteiger partial charge is 0.270 e. The zero-order valence-electron chi connectivity index (χ0n) is 13.4. The first-order valence-electron chi connectivity index (χ1n) is 7.32. The Labute approximate surface area is 134 Å². The van der Waals surface area contributed by atoms with Crippen LogP contribution in [0.3, 0.4) is 0 Å². The van der Waals surface area contributed by atoms with Crippen molar-refractivity contribution < 1.29 is 19.0 Å². The fourth-order valence-corrected chi connectivity index (χ4v) is 2.57. The van der Waals surface area contributed by atoms with Crippen molar-refractivity contribution in [1.29, 1.82) is 0 Å². The third-order valence-electron chi connectivity index (χ3n) is 3.72. The van der Waals surface area contributed by atoms with Crippen molar-refractivity contribution in [2.24, 2.45) is 7.05 Å². The molecule has 2 aromatic rings. The van der Waals surface area contributed by atoms with Crippen molar-refractivity contribution in [1.82, 2.24) is 14.9 Å². The molecule has 3 rings (SSSR count). The maximum absolute atomic E-state index is 12.3. The van der Waals surface area contributed by atoms with Gasteiger partial charge in [0, 0.05) is 25.2 Å². The average Bonchev–Trinajstić information content (AvgIpc) is 2.90. The minimum Gasteiger partial charge on any atom is -0.496 e. The zero-order chi connectivity index (χ0) is 16.4. The number of nitrogens with zero attached hydrogens (tertiary/aromatic N) is 2. The van der Waals surface area contributed by atoms with Crippen LogP contribution >= 0.6 is 0 Å². The molecule has 7 heteroatoms. The number of aryl methyl sites for hydroxylation is 2. The van der Waals surface area contributed by atoms with Crippen LogP contribution < -0.4 is 19.5 Å². The van der Waals surface area contributed by atoms with Gasteiger partial charge in [0.25, 0.3) is 5.91 Å². The second-order valence-electron chi connectivity index (χ2n) is 5.28. The maximum Gasteiger partial charge on any atom is 0.270 e. The highest BCUT2D eigenvalue weighted by Gasteiger charge is 2.18. The monoisotopic (exact) mass is 317 g/mol. The topological polar surface area (TPSA) is 74.6 Å². The molecule has 1 N–H and O–H groups in total. The van der Waals surface area contributed by atoms with E-state index in [2.05, 4.69) is 10.3 Å². The summed E-state index contributed by atoms with van der Waals surface area (Å²) in [7, 11) is 3.38. The molecular weight excluding hydrogens is 298 g/mol. The summed E-state index contributed by atoms with van der Waals surface area (Å²) < 4.78 is 18.2. The first kappa shape index (κ1) is 15.2. The van der Waals surface area contributed by atoms with Crippen LogP contribution in [0.2, 0.25) is 0 Å². The van der Waals surface area contributed by atoms with E-state index in [1.165, 1.54) is 0 Å². The fourth-order valence-electron chi connectivity index (χ4n) is 2.57. The number of benzene rings is 1. The number of methoxy groups -OCH3 is 1. The molecule has 1 aromatic heterocycles. The van der Waals surface area contributed by atoms with Crippen LogP contribution in [0, 0.1) is 6.92 Å². The molecular formula is C16H19N3O4. The summed E-state index contributed by atoms with van der Waals surface area (Å²) in [4.78, 5) is 16.5. The summed E-state index contributed by atoms with van der Waals surface area (Å²) in [5, 5.41) is 2.89. The van der Waals surface area contributed by atoms with E-state index in [0.717, 1.165) is 5.56 Å². The van der Waals surface area contributed by atoms with Crippen LogP contribution in [-0.2, 0) is 13.6 Å². The van der Waals surface area contributed by atoms with Gasteiger partial charge in [0.05, 0.1) is 19.1 Å². The molecule has 1 amide bonds. The number of carbonyl (C=O) groups is 1. The number of imidazole rings is 1. The van der Waals surface area contributed by atoms with Gasteiger partial charge in [0.1, 0.15) is 24.7 Å². The van der Waals surface area contributed by atoms with Gasteiger partial charge in [0.2, 0.25) is 0 Å². The molecule has 23 heavy (non-hydrogen) atoms. The molecule has 0 aliphatic carbocycles. The van der Waals surface area contributed by atoms with Gasteiger partial charge in [-0.1, -0.05) is 0 Å². The van der Waals surface area contributed by atoms with E-state index in [1.54, 1.807) is 38.0 Å². The molecule has 7 nitrogen and oxygen atoms in total. The van der Waals surface area contributed by atoms with E-state index in [-0.39, 0.29) is 5.91 Å². The molecule has 0 radical (unpaired) electrons. The summed E-state index contributed by atoms with van der Waals surface area (Å²) >= 11 is 0. The molecule has 0 fully saturated rings. The molecule has 2 heterocycles. The van der Waals surface area contributed by atoms with Crippen molar-refractivity contribution in [2.75, 3.05) is 20.3 Å². The van der Waals surface area contributed by atoms with Crippen molar-refractivity contribution in [3.05, 3.63) is 35.4 Å². The molecule has 1 aromatic carbocycles. The Hall–Kier alpha value is -2.70. The summed E-state index contributed by atoms with van der Waals surface area (Å²) in [5.74, 6) is 1.79. The van der Waals surface area contributed by atoms with Gasteiger partial charge in [-0.2, -0.15) is 0 Å². The number of rotatable bonds is 4. The van der Waals surface area contributed by atoms with Crippen molar-refractivity contribution in [2.45, 2.75) is 13.5 Å². The van der Waals surface area contributed by atoms with Crippen molar-refractivity contribution >= 4 is 5.91 Å². The van der Waals surface area contributed by atoms with Crippen LogP contribution in [0.4, 0.5) is 0 Å². The number of fused-ring (bicyclic) bond motifs is 1. The third kappa shape index (κ3) is 2.94. The van der Waals surface area contributed by atoms with E-state index >= 15 is 0 Å². The molecule has 0 spiro atoms. The Morgan fingerprint density at radius 1 is 1.35 bits per heavy atom. The molecule has 122 valence electrons. The Bertz CT molecular complexity index is 720. The Morgan fingerprint density at radius 2 is 2.04 bits per heavy atom. The van der Waals surface area contributed by atoms with Crippen LogP contribution in [0.5, 0.6) is 17.2 Å². The number of aromatic nitrogens is 2. The average molecular weight is 317 g/mol. The second kappa shape index (κ2) is 6.20. The van der Waals surface area contributed by atoms with Crippen LogP contribution in [0.15, 0.2) is 18.5 Å². The second-order valence-corrected chi connectivity index (χ2v) is 5.28. The normalized spacial score (nSPS) is 12.8. The number of carbonyl (C=O) groups excluding carboxylic acids is 1. The van der Waals surface area contributed by atoms with E-state index in [0.29, 0.717) is 48.4 Å². The van der Waals surface area contributed by atoms with E-state index in [1.807, 2.05) is 6.07 Å². The number of amides is 1. The van der Waals surface area contributed by atoms with E-state index in [4.69, 9.17) is 14.2 Å². The summed E-state index contributed by atoms with van der Waals surface area (Å²) in [5.41, 5.74) is 2.06. The minimum absolute atomic E-state index is 0.181. The van der Waals surface area contributed by atoms with E-state index in [9.17, 15) is 4.79 Å². The lowest BCUT2D eigenvalue weighted by Gasteiger charge is -2.21. The highest BCUT2D eigenvalue weighted by Crippen LogP contribution is 2.36. The molecule has 0 saturated carbocycles. The molecule has 0 saturated heterocycles. The van der Waals surface area contributed by atoms with Crippen LogP contribution in [0.25, 0.3) is 0 Å². The lowest BCUT2D eigenvalue weighted by atomic mass is 10.1. The highest BCUT2D eigenvalue weighted by molar-refractivity contribution is 5.93. The lowest BCUT2D eigenvalue weighted by Crippen LogP contribution is -2.26. The highest BCUT2D eigenvalue weighted by atomic mass is 16.6. The summed E-state index contributed by atoms with van der Waals surface area (Å²) in [6.45, 7) is 3.16. The maximum atomic E-state index is 12.3. The van der Waals surface area contributed by atoms with Gasteiger partial charge in [-0.3, -0.25) is 4.79 Å². The predicted molar refractivity (Wildman–Crippen MR) is 83.1 cm³/mol. The minimum atomic E-state index is -0.181. The standard InChI is InChI=1S/C16H19N3O4/c1-10-15(19(2)9-18-10)16(20)17-8-11-6-13-14(7-12(11)21-3)23-5-4-22-13/h6-7,9H,4-5,8H2,1-3H3,(H,17,20). The quantitative estimate of drug-likeness (QED) is 0.923. The summed E-state index contributed by atoms with van der Waals surface area (Å²) in [6, 6.07) is 3.62. The van der Waals surface area contributed by atoms with Crippen LogP contribution in [0.1, 0.15) is 21.7 Å². The lowest BCUT2D eigenvalue weighted by molar-refractivity contribution is 0.0941. The van der Waals surface area contributed by atoms with E-state index < -0.39 is 0 Å². The molecule has 1 aliphatic heterocycles.